The molecule has 0 radical (unpaired) electrons. The van der Waals surface area contributed by atoms with E-state index in [1.807, 2.05) is 0 Å². The third kappa shape index (κ3) is 3.54. The summed E-state index contributed by atoms with van der Waals surface area (Å²) < 4.78 is 11.5. The average molecular weight is 276 g/mol. The SMILES string of the molecule is CCCOc1cc(C)c(CC(C)C2OC2CC)c(C)c1. The van der Waals surface area contributed by atoms with E-state index in [4.69, 9.17) is 9.47 Å². The first kappa shape index (κ1) is 15.4. The predicted octanol–water partition coefficient (Wildman–Crippen LogP) is 4.45. The van der Waals surface area contributed by atoms with Gasteiger partial charge < -0.3 is 9.47 Å². The summed E-state index contributed by atoms with van der Waals surface area (Å²) in [6.07, 6.45) is 4.26. The number of ether oxygens (including phenoxy) is 2. The van der Waals surface area contributed by atoms with Crippen molar-refractivity contribution < 1.29 is 9.47 Å². The largest absolute Gasteiger partial charge is 0.494 e. The van der Waals surface area contributed by atoms with E-state index < -0.39 is 0 Å². The summed E-state index contributed by atoms with van der Waals surface area (Å²) in [5.74, 6) is 1.60. The molecule has 0 bridgehead atoms. The fourth-order valence-corrected chi connectivity index (χ4v) is 3.00. The average Bonchev–Trinajstić information content (AvgIpc) is 3.20. The highest BCUT2D eigenvalue weighted by molar-refractivity contribution is 5.41. The summed E-state index contributed by atoms with van der Waals surface area (Å²) in [5, 5.41) is 0. The van der Waals surface area contributed by atoms with Crippen LogP contribution in [0.3, 0.4) is 0 Å². The van der Waals surface area contributed by atoms with Gasteiger partial charge in [-0.05, 0) is 67.9 Å². The second kappa shape index (κ2) is 6.62. The van der Waals surface area contributed by atoms with Crippen LogP contribution < -0.4 is 4.74 Å². The Labute approximate surface area is 123 Å². The van der Waals surface area contributed by atoms with Crippen molar-refractivity contribution in [3.8, 4) is 5.75 Å². The van der Waals surface area contributed by atoms with Gasteiger partial charge in [-0.2, -0.15) is 0 Å². The molecule has 2 nitrogen and oxygen atoms in total. The van der Waals surface area contributed by atoms with Crippen LogP contribution in [0.15, 0.2) is 12.1 Å². The summed E-state index contributed by atoms with van der Waals surface area (Å²) in [6.45, 7) is 11.8. The number of epoxide rings is 1. The molecule has 0 spiro atoms. The lowest BCUT2D eigenvalue weighted by Gasteiger charge is -2.16. The summed E-state index contributed by atoms with van der Waals surface area (Å²) in [7, 11) is 0. The van der Waals surface area contributed by atoms with Crippen molar-refractivity contribution in [1.29, 1.82) is 0 Å². The van der Waals surface area contributed by atoms with Gasteiger partial charge in [0.05, 0.1) is 18.8 Å². The lowest BCUT2D eigenvalue weighted by Crippen LogP contribution is -2.12. The van der Waals surface area contributed by atoms with E-state index in [1.165, 1.54) is 16.7 Å². The molecule has 1 saturated heterocycles. The molecule has 1 fully saturated rings. The van der Waals surface area contributed by atoms with Crippen molar-refractivity contribution in [3.05, 3.63) is 28.8 Å². The van der Waals surface area contributed by atoms with Crippen molar-refractivity contribution in [2.45, 2.75) is 66.1 Å². The van der Waals surface area contributed by atoms with Gasteiger partial charge in [0.2, 0.25) is 0 Å². The van der Waals surface area contributed by atoms with E-state index in [-0.39, 0.29) is 0 Å². The minimum atomic E-state index is 0.467. The van der Waals surface area contributed by atoms with E-state index in [1.54, 1.807) is 0 Å². The molecule has 112 valence electrons. The lowest BCUT2D eigenvalue weighted by atomic mass is 9.90. The van der Waals surface area contributed by atoms with Crippen LogP contribution in [0.4, 0.5) is 0 Å². The topological polar surface area (TPSA) is 21.8 Å². The van der Waals surface area contributed by atoms with Gasteiger partial charge in [0, 0.05) is 0 Å². The van der Waals surface area contributed by atoms with Gasteiger partial charge in [-0.1, -0.05) is 20.8 Å². The number of hydrogen-bond donors (Lipinski definition) is 0. The van der Waals surface area contributed by atoms with Crippen LogP contribution >= 0.6 is 0 Å². The Bertz CT molecular complexity index is 430. The standard InChI is InChI=1S/C18H28O2/c1-6-8-19-15-9-12(3)16(13(4)10-15)11-14(5)18-17(7-2)20-18/h9-10,14,17-18H,6-8,11H2,1-5H3. The Morgan fingerprint density at radius 1 is 1.20 bits per heavy atom. The Hall–Kier alpha value is -1.02. The molecule has 3 unspecified atom stereocenters. The molecule has 20 heavy (non-hydrogen) atoms. The molecule has 2 rings (SSSR count). The number of aryl methyl sites for hydroxylation is 2. The molecule has 1 heterocycles. The first-order valence-electron chi connectivity index (χ1n) is 7.95. The molecule has 0 saturated carbocycles. The predicted molar refractivity (Wildman–Crippen MR) is 83.5 cm³/mol. The molecule has 1 aromatic carbocycles. The van der Waals surface area contributed by atoms with Crippen LogP contribution in [-0.2, 0) is 11.2 Å². The van der Waals surface area contributed by atoms with Crippen molar-refractivity contribution in [2.75, 3.05) is 6.61 Å². The smallest absolute Gasteiger partial charge is 0.119 e. The Morgan fingerprint density at radius 2 is 1.85 bits per heavy atom. The fourth-order valence-electron chi connectivity index (χ4n) is 3.00. The van der Waals surface area contributed by atoms with Crippen molar-refractivity contribution in [1.82, 2.24) is 0 Å². The summed E-state index contributed by atoms with van der Waals surface area (Å²) in [6, 6.07) is 4.35. The van der Waals surface area contributed by atoms with Gasteiger partial charge in [0.25, 0.3) is 0 Å². The molecular weight excluding hydrogens is 248 g/mol. The molecule has 0 N–H and O–H groups in total. The molecule has 0 amide bonds. The Balaban J connectivity index is 2.04. The molecular formula is C18H28O2. The van der Waals surface area contributed by atoms with Crippen molar-refractivity contribution in [3.63, 3.8) is 0 Å². The van der Waals surface area contributed by atoms with Crippen LogP contribution in [-0.4, -0.2) is 18.8 Å². The highest BCUT2D eigenvalue weighted by atomic mass is 16.6. The van der Waals surface area contributed by atoms with Crippen molar-refractivity contribution in [2.24, 2.45) is 5.92 Å². The van der Waals surface area contributed by atoms with Crippen LogP contribution in [0.5, 0.6) is 5.75 Å². The minimum Gasteiger partial charge on any atom is -0.494 e. The number of benzene rings is 1. The van der Waals surface area contributed by atoms with Gasteiger partial charge in [-0.15, -0.1) is 0 Å². The maximum Gasteiger partial charge on any atom is 0.119 e. The first-order chi connectivity index (χ1) is 9.56. The monoisotopic (exact) mass is 276 g/mol. The van der Waals surface area contributed by atoms with Crippen LogP contribution in [0.25, 0.3) is 0 Å². The van der Waals surface area contributed by atoms with Crippen LogP contribution in [0.1, 0.15) is 50.3 Å². The van der Waals surface area contributed by atoms with Gasteiger partial charge in [-0.3, -0.25) is 0 Å². The Kier molecular flexibility index (Phi) is 5.09. The van der Waals surface area contributed by atoms with Crippen LogP contribution in [0, 0.1) is 19.8 Å². The van der Waals surface area contributed by atoms with E-state index in [2.05, 4.69) is 46.8 Å². The van der Waals surface area contributed by atoms with E-state index in [0.717, 1.165) is 31.6 Å². The molecule has 1 aliphatic rings. The molecule has 1 aliphatic heterocycles. The van der Waals surface area contributed by atoms with E-state index >= 15 is 0 Å². The zero-order chi connectivity index (χ0) is 14.7. The highest BCUT2D eigenvalue weighted by Crippen LogP contribution is 2.35. The van der Waals surface area contributed by atoms with Gasteiger partial charge in [0.1, 0.15) is 5.75 Å². The number of hydrogen-bond acceptors (Lipinski definition) is 2. The third-order valence-electron chi connectivity index (χ3n) is 4.25. The van der Waals surface area contributed by atoms with Crippen molar-refractivity contribution >= 4 is 0 Å². The second-order valence-corrected chi connectivity index (χ2v) is 6.11. The second-order valence-electron chi connectivity index (χ2n) is 6.11. The van der Waals surface area contributed by atoms with E-state index in [9.17, 15) is 0 Å². The first-order valence-corrected chi connectivity index (χ1v) is 7.95. The van der Waals surface area contributed by atoms with Gasteiger partial charge in [0.15, 0.2) is 0 Å². The summed E-state index contributed by atoms with van der Waals surface area (Å²) in [4.78, 5) is 0. The number of rotatable bonds is 7. The van der Waals surface area contributed by atoms with Gasteiger partial charge >= 0.3 is 0 Å². The van der Waals surface area contributed by atoms with Crippen LogP contribution in [0.2, 0.25) is 0 Å². The molecule has 0 aromatic heterocycles. The summed E-state index contributed by atoms with van der Waals surface area (Å²) in [5.41, 5.74) is 4.15. The lowest BCUT2D eigenvalue weighted by molar-refractivity contribution is 0.316. The Morgan fingerprint density at radius 3 is 2.35 bits per heavy atom. The molecule has 2 heteroatoms. The fraction of sp³-hybridized carbons (Fsp3) is 0.667. The van der Waals surface area contributed by atoms with Gasteiger partial charge in [-0.25, -0.2) is 0 Å². The quantitative estimate of drug-likeness (QED) is 0.686. The molecule has 1 aromatic rings. The third-order valence-corrected chi connectivity index (χ3v) is 4.25. The zero-order valence-electron chi connectivity index (χ0n) is 13.5. The minimum absolute atomic E-state index is 0.467. The molecule has 3 atom stereocenters. The highest BCUT2D eigenvalue weighted by Gasteiger charge is 2.41. The molecule has 0 aliphatic carbocycles. The maximum atomic E-state index is 5.75. The normalized spacial score (nSPS) is 22.6. The van der Waals surface area contributed by atoms with E-state index in [0.29, 0.717) is 18.1 Å². The zero-order valence-corrected chi connectivity index (χ0v) is 13.5. The summed E-state index contributed by atoms with van der Waals surface area (Å²) >= 11 is 0. The maximum absolute atomic E-state index is 5.75.